The Hall–Kier alpha value is -1.82. The van der Waals surface area contributed by atoms with Crippen LogP contribution in [0.5, 0.6) is 5.75 Å². The lowest BCUT2D eigenvalue weighted by Crippen LogP contribution is -2.04. The Morgan fingerprint density at radius 2 is 2.26 bits per heavy atom. The summed E-state index contributed by atoms with van der Waals surface area (Å²) in [4.78, 5) is 11.6. The molecular weight excluding hydrogens is 310 g/mol. The van der Waals surface area contributed by atoms with Gasteiger partial charge in [-0.05, 0) is 19.1 Å². The zero-order chi connectivity index (χ0) is 14.0. The second-order valence-electron chi connectivity index (χ2n) is 4.24. The van der Waals surface area contributed by atoms with Crippen LogP contribution < -0.4 is 10.5 Å². The Morgan fingerprint density at radius 1 is 1.53 bits per heavy atom. The number of nitrogens with two attached hydrogens (primary N) is 1. The molecule has 0 unspecified atom stereocenters. The molecule has 0 aliphatic carbocycles. The predicted octanol–water partition coefficient (Wildman–Crippen LogP) is 2.55. The molecule has 1 aromatic heterocycles. The second-order valence-corrected chi connectivity index (χ2v) is 5.15. The summed E-state index contributed by atoms with van der Waals surface area (Å²) < 4.78 is 8.11. The van der Waals surface area contributed by atoms with Crippen LogP contribution in [0.4, 0.5) is 5.69 Å². The number of aryl methyl sites for hydroxylation is 1. The first-order valence-electron chi connectivity index (χ1n) is 5.67. The van der Waals surface area contributed by atoms with Crippen LogP contribution in [0.15, 0.2) is 29.0 Å². The second kappa shape index (κ2) is 5.44. The number of benzene rings is 1. The van der Waals surface area contributed by atoms with Crippen molar-refractivity contribution in [3.05, 3.63) is 40.1 Å². The Labute approximate surface area is 119 Å². The minimum absolute atomic E-state index is 0.0887. The van der Waals surface area contributed by atoms with Crippen molar-refractivity contribution in [1.82, 2.24) is 9.78 Å². The zero-order valence-corrected chi connectivity index (χ0v) is 12.3. The summed E-state index contributed by atoms with van der Waals surface area (Å²) in [6.07, 6.45) is 3.56. The molecule has 6 heteroatoms. The lowest BCUT2D eigenvalue weighted by Gasteiger charge is -2.12. The van der Waals surface area contributed by atoms with Gasteiger partial charge in [-0.1, -0.05) is 15.9 Å². The summed E-state index contributed by atoms with van der Waals surface area (Å²) in [5.41, 5.74) is 7.72. The molecule has 0 saturated heterocycles. The SMILES string of the molecule is CC(=O)c1cc(Br)cc(N)c1OCc1cnn(C)c1. The van der Waals surface area contributed by atoms with E-state index in [1.807, 2.05) is 13.2 Å². The number of hydrogen-bond donors (Lipinski definition) is 1. The molecule has 1 aromatic carbocycles. The van der Waals surface area contributed by atoms with E-state index in [9.17, 15) is 4.79 Å². The third-order valence-electron chi connectivity index (χ3n) is 2.60. The van der Waals surface area contributed by atoms with Gasteiger partial charge in [0, 0.05) is 23.3 Å². The number of carbonyl (C=O) groups is 1. The Morgan fingerprint density at radius 3 is 2.84 bits per heavy atom. The molecule has 0 aliphatic rings. The molecule has 0 saturated carbocycles. The van der Waals surface area contributed by atoms with E-state index in [4.69, 9.17) is 10.5 Å². The quantitative estimate of drug-likeness (QED) is 0.693. The predicted molar refractivity (Wildman–Crippen MR) is 76.1 cm³/mol. The van der Waals surface area contributed by atoms with Gasteiger partial charge in [-0.2, -0.15) is 5.10 Å². The first-order chi connectivity index (χ1) is 8.97. The Balaban J connectivity index is 2.26. The van der Waals surface area contributed by atoms with E-state index < -0.39 is 0 Å². The minimum Gasteiger partial charge on any atom is -0.486 e. The Bertz CT molecular complexity index is 622. The number of halogens is 1. The number of hydrogen-bond acceptors (Lipinski definition) is 4. The van der Waals surface area contributed by atoms with E-state index in [1.54, 1.807) is 23.0 Å². The van der Waals surface area contributed by atoms with Gasteiger partial charge in [0.15, 0.2) is 11.5 Å². The number of ketones is 1. The van der Waals surface area contributed by atoms with E-state index in [1.165, 1.54) is 6.92 Å². The van der Waals surface area contributed by atoms with Crippen molar-refractivity contribution < 1.29 is 9.53 Å². The largest absolute Gasteiger partial charge is 0.486 e. The molecule has 1 heterocycles. The van der Waals surface area contributed by atoms with Crippen LogP contribution in [0, 0.1) is 0 Å². The summed E-state index contributed by atoms with van der Waals surface area (Å²) in [5.74, 6) is 0.328. The van der Waals surface area contributed by atoms with Gasteiger partial charge in [-0.25, -0.2) is 0 Å². The van der Waals surface area contributed by atoms with Crippen molar-refractivity contribution in [2.45, 2.75) is 13.5 Å². The van der Waals surface area contributed by atoms with E-state index in [0.29, 0.717) is 23.6 Å². The van der Waals surface area contributed by atoms with Crippen LogP contribution in [0.3, 0.4) is 0 Å². The van der Waals surface area contributed by atoms with Gasteiger partial charge in [-0.3, -0.25) is 9.48 Å². The summed E-state index contributed by atoms with van der Waals surface area (Å²) in [5, 5.41) is 4.05. The van der Waals surface area contributed by atoms with Crippen molar-refractivity contribution in [2.24, 2.45) is 7.05 Å². The smallest absolute Gasteiger partial charge is 0.163 e. The maximum atomic E-state index is 11.6. The van der Waals surface area contributed by atoms with Crippen LogP contribution >= 0.6 is 15.9 Å². The molecule has 0 aliphatic heterocycles. The maximum absolute atomic E-state index is 11.6. The highest BCUT2D eigenvalue weighted by atomic mass is 79.9. The number of aromatic nitrogens is 2. The molecule has 100 valence electrons. The fraction of sp³-hybridized carbons (Fsp3) is 0.231. The number of Topliss-reactive ketones (excluding diaryl/α,β-unsaturated/α-hetero) is 1. The molecule has 0 spiro atoms. The molecule has 2 aromatic rings. The van der Waals surface area contributed by atoms with Gasteiger partial charge in [-0.15, -0.1) is 0 Å². The average Bonchev–Trinajstić information content (AvgIpc) is 2.73. The average molecular weight is 324 g/mol. The number of ether oxygens (including phenoxy) is 1. The van der Waals surface area contributed by atoms with Gasteiger partial charge in [0.25, 0.3) is 0 Å². The summed E-state index contributed by atoms with van der Waals surface area (Å²) in [7, 11) is 1.83. The molecule has 0 bridgehead atoms. The lowest BCUT2D eigenvalue weighted by molar-refractivity contribution is 0.101. The zero-order valence-electron chi connectivity index (χ0n) is 10.7. The third-order valence-corrected chi connectivity index (χ3v) is 3.06. The molecule has 2 N–H and O–H groups in total. The first kappa shape index (κ1) is 13.6. The number of rotatable bonds is 4. The van der Waals surface area contributed by atoms with Crippen LogP contribution in [0.25, 0.3) is 0 Å². The van der Waals surface area contributed by atoms with E-state index in [0.717, 1.165) is 10.0 Å². The van der Waals surface area contributed by atoms with Gasteiger partial charge >= 0.3 is 0 Å². The molecular formula is C13H14BrN3O2. The van der Waals surface area contributed by atoms with E-state index in [2.05, 4.69) is 21.0 Å². The topological polar surface area (TPSA) is 70.1 Å². The maximum Gasteiger partial charge on any atom is 0.163 e. The fourth-order valence-corrected chi connectivity index (χ4v) is 2.21. The van der Waals surface area contributed by atoms with Crippen molar-refractivity contribution in [2.75, 3.05) is 5.73 Å². The van der Waals surface area contributed by atoms with E-state index in [-0.39, 0.29) is 5.78 Å². The molecule has 5 nitrogen and oxygen atoms in total. The molecule has 0 radical (unpaired) electrons. The standard InChI is InChI=1S/C13H14BrN3O2/c1-8(18)11-3-10(14)4-12(15)13(11)19-7-9-5-16-17(2)6-9/h3-6H,7,15H2,1-2H3. The van der Waals surface area contributed by atoms with Gasteiger partial charge in [0.1, 0.15) is 6.61 Å². The number of anilines is 1. The summed E-state index contributed by atoms with van der Waals surface area (Å²) in [6, 6.07) is 3.42. The molecule has 19 heavy (non-hydrogen) atoms. The van der Waals surface area contributed by atoms with Crippen LogP contribution in [-0.4, -0.2) is 15.6 Å². The monoisotopic (exact) mass is 323 g/mol. The fourth-order valence-electron chi connectivity index (χ4n) is 1.74. The van der Waals surface area contributed by atoms with Crippen molar-refractivity contribution in [3.8, 4) is 5.75 Å². The van der Waals surface area contributed by atoms with Crippen molar-refractivity contribution in [1.29, 1.82) is 0 Å². The molecule has 0 amide bonds. The number of nitrogens with zero attached hydrogens (tertiary/aromatic N) is 2. The summed E-state index contributed by atoms with van der Waals surface area (Å²) >= 11 is 3.31. The molecule has 0 atom stereocenters. The van der Waals surface area contributed by atoms with Crippen molar-refractivity contribution in [3.63, 3.8) is 0 Å². The van der Waals surface area contributed by atoms with Crippen LogP contribution in [0.1, 0.15) is 22.8 Å². The Kier molecular flexibility index (Phi) is 3.90. The van der Waals surface area contributed by atoms with Crippen molar-refractivity contribution >= 4 is 27.4 Å². The van der Waals surface area contributed by atoms with Gasteiger partial charge in [0.2, 0.25) is 0 Å². The number of carbonyl (C=O) groups excluding carboxylic acids is 1. The minimum atomic E-state index is -0.0887. The highest BCUT2D eigenvalue weighted by Crippen LogP contribution is 2.31. The van der Waals surface area contributed by atoms with Gasteiger partial charge < -0.3 is 10.5 Å². The first-order valence-corrected chi connectivity index (χ1v) is 6.47. The summed E-state index contributed by atoms with van der Waals surface area (Å²) in [6.45, 7) is 1.80. The van der Waals surface area contributed by atoms with Gasteiger partial charge in [0.05, 0.1) is 17.4 Å². The molecule has 2 rings (SSSR count). The highest BCUT2D eigenvalue weighted by Gasteiger charge is 2.14. The normalized spacial score (nSPS) is 10.5. The lowest BCUT2D eigenvalue weighted by atomic mass is 10.1. The van der Waals surface area contributed by atoms with E-state index >= 15 is 0 Å². The van der Waals surface area contributed by atoms with Crippen LogP contribution in [0.2, 0.25) is 0 Å². The number of nitrogen functional groups attached to an aromatic ring is 1. The highest BCUT2D eigenvalue weighted by molar-refractivity contribution is 9.10. The van der Waals surface area contributed by atoms with Crippen LogP contribution in [-0.2, 0) is 13.7 Å². The third kappa shape index (κ3) is 3.14. The molecule has 0 fully saturated rings.